The lowest BCUT2D eigenvalue weighted by atomic mass is 10.1. The molecule has 2 aromatic heterocycles. The van der Waals surface area contributed by atoms with Gasteiger partial charge < -0.3 is 0 Å². The molecule has 2 aromatic carbocycles. The number of benzene rings is 2. The lowest BCUT2D eigenvalue weighted by Crippen LogP contribution is -2.40. The van der Waals surface area contributed by atoms with Gasteiger partial charge in [0.1, 0.15) is 5.69 Å². The predicted octanol–water partition coefficient (Wildman–Crippen LogP) is 3.05. The molecule has 0 spiro atoms. The molecule has 0 aliphatic carbocycles. The normalized spacial score (nSPS) is 11.1. The van der Waals surface area contributed by atoms with E-state index in [4.69, 9.17) is 11.6 Å². The number of aryl methyl sites for hydroxylation is 2. The zero-order valence-corrected chi connectivity index (χ0v) is 15.9. The number of hydrogen-bond acceptors (Lipinski definition) is 4. The van der Waals surface area contributed by atoms with Gasteiger partial charge >= 0.3 is 5.69 Å². The lowest BCUT2D eigenvalue weighted by Gasteiger charge is -2.11. The minimum atomic E-state index is -0.463. The van der Waals surface area contributed by atoms with E-state index in [0.717, 1.165) is 11.1 Å². The van der Waals surface area contributed by atoms with E-state index in [1.54, 1.807) is 7.05 Å². The average Bonchev–Trinajstić information content (AvgIpc) is 2.73. The number of halogens is 1. The zero-order chi connectivity index (χ0) is 19.7. The number of hydrogen-bond donors (Lipinski definition) is 0. The highest BCUT2D eigenvalue weighted by Crippen LogP contribution is 2.25. The maximum Gasteiger partial charge on any atom is 0.332 e. The van der Waals surface area contributed by atoms with Gasteiger partial charge in [0.05, 0.1) is 0 Å². The summed E-state index contributed by atoms with van der Waals surface area (Å²) in [7, 11) is 1.57. The molecule has 4 rings (SSSR count). The first-order valence-corrected chi connectivity index (χ1v) is 9.20. The number of fused-ring (bicyclic) bond motifs is 1. The first-order valence-electron chi connectivity index (χ1n) is 8.82. The Labute approximate surface area is 165 Å². The van der Waals surface area contributed by atoms with Gasteiger partial charge in [0.2, 0.25) is 0 Å². The SMILES string of the molecule is Cn1c(=O)n(CCc2ccccc2)c(=O)c2nc(-c3ccccc3)c(Cl)nc21. The van der Waals surface area contributed by atoms with Crippen LogP contribution in [0.3, 0.4) is 0 Å². The summed E-state index contributed by atoms with van der Waals surface area (Å²) in [5, 5.41) is 0.148. The van der Waals surface area contributed by atoms with E-state index >= 15 is 0 Å². The van der Waals surface area contributed by atoms with Crippen molar-refractivity contribution in [1.29, 1.82) is 0 Å². The quantitative estimate of drug-likeness (QED) is 0.535. The Hall–Kier alpha value is -3.25. The minimum Gasteiger partial charge on any atom is -0.279 e. The summed E-state index contributed by atoms with van der Waals surface area (Å²) in [6.07, 6.45) is 0.564. The smallest absolute Gasteiger partial charge is 0.279 e. The predicted molar refractivity (Wildman–Crippen MR) is 110 cm³/mol. The summed E-state index contributed by atoms with van der Waals surface area (Å²) in [4.78, 5) is 34.5. The molecule has 0 unspecified atom stereocenters. The molecule has 4 aromatic rings. The Morgan fingerprint density at radius 3 is 2.25 bits per heavy atom. The van der Waals surface area contributed by atoms with Gasteiger partial charge in [-0.2, -0.15) is 0 Å². The second-order valence-electron chi connectivity index (χ2n) is 6.44. The molecule has 0 saturated heterocycles. The molecule has 0 atom stereocenters. The summed E-state index contributed by atoms with van der Waals surface area (Å²) in [6.45, 7) is 0.260. The standard InChI is InChI=1S/C21H17ClN4O2/c1-25-19-17(23-16(18(22)24-19)15-10-6-3-7-11-15)20(27)26(21(25)28)13-12-14-8-4-2-5-9-14/h2-11H,12-13H2,1H3. The third-order valence-corrected chi connectivity index (χ3v) is 4.90. The molecule has 0 aliphatic rings. The molecule has 0 fully saturated rings. The third-order valence-electron chi connectivity index (χ3n) is 4.63. The van der Waals surface area contributed by atoms with Crippen molar-refractivity contribution in [2.75, 3.05) is 0 Å². The molecule has 0 N–H and O–H groups in total. The molecule has 0 bridgehead atoms. The van der Waals surface area contributed by atoms with E-state index < -0.39 is 11.2 Å². The minimum absolute atomic E-state index is 0.124. The summed E-state index contributed by atoms with van der Waals surface area (Å²) in [5.41, 5.74) is 1.62. The monoisotopic (exact) mass is 392 g/mol. The second-order valence-corrected chi connectivity index (χ2v) is 6.79. The summed E-state index contributed by atoms with van der Waals surface area (Å²) >= 11 is 6.30. The van der Waals surface area contributed by atoms with Crippen LogP contribution in [0, 0.1) is 0 Å². The van der Waals surface area contributed by atoms with Crippen LogP contribution >= 0.6 is 11.6 Å². The van der Waals surface area contributed by atoms with Crippen LogP contribution in [0.15, 0.2) is 70.3 Å². The number of nitrogens with zero attached hydrogens (tertiary/aromatic N) is 4. The molecule has 28 heavy (non-hydrogen) atoms. The van der Waals surface area contributed by atoms with Crippen LogP contribution in [0.1, 0.15) is 5.56 Å². The zero-order valence-electron chi connectivity index (χ0n) is 15.2. The van der Waals surface area contributed by atoms with Gasteiger partial charge in [-0.15, -0.1) is 0 Å². The average molecular weight is 393 g/mol. The van der Waals surface area contributed by atoms with E-state index in [1.165, 1.54) is 9.13 Å². The van der Waals surface area contributed by atoms with Crippen molar-refractivity contribution in [2.45, 2.75) is 13.0 Å². The van der Waals surface area contributed by atoms with Crippen molar-refractivity contribution >= 4 is 22.8 Å². The van der Waals surface area contributed by atoms with Crippen molar-refractivity contribution in [3.8, 4) is 11.3 Å². The Morgan fingerprint density at radius 2 is 1.57 bits per heavy atom. The van der Waals surface area contributed by atoms with Crippen LogP contribution in [0.5, 0.6) is 0 Å². The maximum absolute atomic E-state index is 13.0. The van der Waals surface area contributed by atoms with Crippen molar-refractivity contribution in [1.82, 2.24) is 19.1 Å². The van der Waals surface area contributed by atoms with Crippen molar-refractivity contribution < 1.29 is 0 Å². The van der Waals surface area contributed by atoms with Crippen LogP contribution in [-0.2, 0) is 20.0 Å². The molecule has 0 aliphatic heterocycles. The largest absolute Gasteiger partial charge is 0.332 e. The summed E-state index contributed by atoms with van der Waals surface area (Å²) < 4.78 is 2.52. The van der Waals surface area contributed by atoms with Crippen molar-refractivity contribution in [2.24, 2.45) is 7.05 Å². The van der Waals surface area contributed by atoms with Crippen LogP contribution < -0.4 is 11.2 Å². The highest BCUT2D eigenvalue weighted by atomic mass is 35.5. The van der Waals surface area contributed by atoms with E-state index in [1.807, 2.05) is 60.7 Å². The fourth-order valence-corrected chi connectivity index (χ4v) is 3.36. The molecular formula is C21H17ClN4O2. The van der Waals surface area contributed by atoms with Crippen LogP contribution in [0.2, 0.25) is 5.15 Å². The molecular weight excluding hydrogens is 376 g/mol. The molecule has 0 saturated carbocycles. The molecule has 2 heterocycles. The molecule has 7 heteroatoms. The van der Waals surface area contributed by atoms with Crippen LogP contribution in [0.4, 0.5) is 0 Å². The van der Waals surface area contributed by atoms with Gasteiger partial charge in [-0.3, -0.25) is 13.9 Å². The van der Waals surface area contributed by atoms with E-state index in [9.17, 15) is 9.59 Å². The fourth-order valence-electron chi connectivity index (χ4n) is 3.13. The highest BCUT2D eigenvalue weighted by Gasteiger charge is 2.17. The Balaban J connectivity index is 1.87. The van der Waals surface area contributed by atoms with Gasteiger partial charge in [0.15, 0.2) is 16.3 Å². The summed E-state index contributed by atoms with van der Waals surface area (Å²) in [6, 6.07) is 19.0. The molecule has 0 amide bonds. The van der Waals surface area contributed by atoms with Crippen molar-refractivity contribution in [3.05, 3.63) is 92.2 Å². The maximum atomic E-state index is 13.0. The van der Waals surface area contributed by atoms with Gasteiger partial charge in [-0.1, -0.05) is 72.3 Å². The van der Waals surface area contributed by atoms with Gasteiger partial charge in [0, 0.05) is 19.2 Å². The lowest BCUT2D eigenvalue weighted by molar-refractivity contribution is 0.601. The first kappa shape index (κ1) is 18.1. The Kier molecular flexibility index (Phi) is 4.79. The highest BCUT2D eigenvalue weighted by molar-refractivity contribution is 6.32. The topological polar surface area (TPSA) is 69.8 Å². The van der Waals surface area contributed by atoms with Gasteiger partial charge in [-0.25, -0.2) is 14.8 Å². The van der Waals surface area contributed by atoms with E-state index in [2.05, 4.69) is 9.97 Å². The second kappa shape index (κ2) is 7.40. The molecule has 0 radical (unpaired) electrons. The van der Waals surface area contributed by atoms with Crippen molar-refractivity contribution in [3.63, 3.8) is 0 Å². The molecule has 6 nitrogen and oxygen atoms in total. The van der Waals surface area contributed by atoms with Crippen LogP contribution in [-0.4, -0.2) is 19.1 Å². The fraction of sp³-hybridized carbons (Fsp3) is 0.143. The third kappa shape index (κ3) is 3.23. The molecule has 140 valence electrons. The Morgan fingerprint density at radius 1 is 0.929 bits per heavy atom. The van der Waals surface area contributed by atoms with E-state index in [-0.39, 0.29) is 22.9 Å². The first-order chi connectivity index (χ1) is 13.6. The van der Waals surface area contributed by atoms with Crippen LogP contribution in [0.25, 0.3) is 22.4 Å². The van der Waals surface area contributed by atoms with E-state index in [0.29, 0.717) is 12.1 Å². The summed E-state index contributed by atoms with van der Waals surface area (Å²) in [5.74, 6) is 0. The number of rotatable bonds is 4. The van der Waals surface area contributed by atoms with Gasteiger partial charge in [-0.05, 0) is 12.0 Å². The number of aromatic nitrogens is 4. The Bertz CT molecular complexity index is 1270. The van der Waals surface area contributed by atoms with Gasteiger partial charge in [0.25, 0.3) is 5.56 Å².